The standard InChI is InChI=1S/C20H30N6O2.C18H26N6O2S.C17H24N6O2S.3H2S/c1-3-4-6-14(9-12-27)22-18-15-8-11-26(13-16(15)23-20(21)24-18)19(28)17-7-5-10-25(17)2;1-3-4-12(6-8-25)21-16-13-9-24(7-5-14(13)22-18(19)23-16)17(26)15-10-27-11(2)20-15;1-2-3-11(5-7-24)20-15-12-8-23(16(25)14-9-26-10-19-14)6-4-13(12)21-17(18)22-15;;;/h5,7,10,14,27H,3-4,6,8-9,11-13H2,1-2H3,(H3,21,22,23,24);10,12,25H,3-9H2,1-2H3,(H3,19,21,22,23);9-11,24H,2-8H2,1H3,(H3,18,20,21,22);3*1H2/t14-;12-;11-;;;/m000.../s1. The van der Waals surface area contributed by atoms with Gasteiger partial charge in [-0.2, -0.15) is 55.4 Å². The molecule has 6 aromatic rings. The van der Waals surface area contributed by atoms with Crippen LogP contribution in [-0.2, 0) is 45.9 Å². The maximum Gasteiger partial charge on any atom is 0.273 e. The van der Waals surface area contributed by atoms with Crippen LogP contribution in [0.1, 0.15) is 155 Å². The van der Waals surface area contributed by atoms with Crippen molar-refractivity contribution in [3.63, 3.8) is 0 Å². The highest BCUT2D eigenvalue weighted by Crippen LogP contribution is 2.31. The molecule has 0 saturated heterocycles. The minimum Gasteiger partial charge on any atom is -0.396 e. The van der Waals surface area contributed by atoms with Crippen molar-refractivity contribution in [1.29, 1.82) is 0 Å². The molecule has 29 heteroatoms. The molecular weight excluding hydrogens is 1170 g/mol. The second kappa shape index (κ2) is 34.8. The van der Waals surface area contributed by atoms with Gasteiger partial charge in [0.15, 0.2) is 0 Å². The summed E-state index contributed by atoms with van der Waals surface area (Å²) in [5.41, 5.74) is 26.4. The molecule has 3 aliphatic rings. The zero-order chi connectivity index (χ0) is 58.0. The largest absolute Gasteiger partial charge is 0.396 e. The Kier molecular flexibility index (Phi) is 29.1. The third kappa shape index (κ3) is 19.0. The van der Waals surface area contributed by atoms with E-state index in [2.05, 4.69) is 76.6 Å². The second-order valence-electron chi connectivity index (χ2n) is 20.4. The number of aryl methyl sites for hydroxylation is 2. The van der Waals surface area contributed by atoms with Crippen LogP contribution in [0.2, 0.25) is 0 Å². The third-order valence-electron chi connectivity index (χ3n) is 14.4. The van der Waals surface area contributed by atoms with Crippen molar-refractivity contribution in [3.05, 3.63) is 90.5 Å². The summed E-state index contributed by atoms with van der Waals surface area (Å²) in [5.74, 6) is 2.55. The van der Waals surface area contributed by atoms with E-state index in [0.29, 0.717) is 107 Å². The molecule has 24 nitrogen and oxygen atoms in total. The van der Waals surface area contributed by atoms with E-state index in [1.165, 1.54) is 22.7 Å². The van der Waals surface area contributed by atoms with Crippen LogP contribution in [-0.4, -0.2) is 150 Å². The van der Waals surface area contributed by atoms with Crippen LogP contribution in [0.15, 0.2) is 34.6 Å². The molecule has 0 bridgehead atoms. The van der Waals surface area contributed by atoms with Crippen LogP contribution in [0.25, 0.3) is 0 Å². The summed E-state index contributed by atoms with van der Waals surface area (Å²) >= 11 is 2.88. The minimum atomic E-state index is -0.0832. The summed E-state index contributed by atoms with van der Waals surface area (Å²) in [6.45, 7) is 11.6. The number of rotatable bonds is 22. The van der Waals surface area contributed by atoms with Gasteiger partial charge in [-0.05, 0) is 64.0 Å². The fourth-order valence-corrected chi connectivity index (χ4v) is 11.3. The highest BCUT2D eigenvalue weighted by Gasteiger charge is 2.31. The highest BCUT2D eigenvalue weighted by molar-refractivity contribution is 7.59. The lowest BCUT2D eigenvalue weighted by atomic mass is 10.0. The second-order valence-corrected chi connectivity index (χ2v) is 22.2. The number of amides is 3. The first kappa shape index (κ1) is 70.4. The SMILES string of the molecule is CCCC[C@@H](CCO)Nc1nc(N)nc2c1CCN(C(=O)c1cccn1C)C2.CCC[C@@H](CCO)Nc1nc(N)nc2c1CN(C(=O)c1csc(C)n1)CC2.CCC[C@@H](CCO)Nc1nc(N)nc2c1CN(C(=O)c1cscn1)CC2.S.S.S. The fourth-order valence-electron chi connectivity index (χ4n) is 10.2. The number of hydrogen-bond donors (Lipinski definition) is 9. The Labute approximate surface area is 521 Å². The Morgan fingerprint density at radius 3 is 1.50 bits per heavy atom. The summed E-state index contributed by atoms with van der Waals surface area (Å²) in [6.07, 6.45) is 12.7. The van der Waals surface area contributed by atoms with Crippen LogP contribution >= 0.6 is 63.2 Å². The lowest BCUT2D eigenvalue weighted by molar-refractivity contribution is 0.0717. The number of nitrogens with zero attached hydrogens (tertiary/aromatic N) is 12. The molecule has 0 unspecified atom stereocenters. The van der Waals surface area contributed by atoms with Crippen LogP contribution in [0.3, 0.4) is 0 Å². The molecule has 84 heavy (non-hydrogen) atoms. The molecule has 3 amide bonds. The van der Waals surface area contributed by atoms with Crippen molar-refractivity contribution in [2.75, 3.05) is 72.6 Å². The van der Waals surface area contributed by atoms with Gasteiger partial charge in [0.2, 0.25) is 17.8 Å². The van der Waals surface area contributed by atoms with Gasteiger partial charge in [-0.1, -0.05) is 46.5 Å². The normalized spacial score (nSPS) is 14.2. The maximum atomic E-state index is 12.8. The summed E-state index contributed by atoms with van der Waals surface area (Å²) in [4.78, 5) is 78.3. The number of unbranched alkanes of at least 4 members (excludes halogenated alkanes) is 1. The molecule has 6 aromatic heterocycles. The topological polar surface area (TPSA) is 344 Å². The molecule has 0 radical (unpaired) electrons. The summed E-state index contributed by atoms with van der Waals surface area (Å²) < 4.78 is 1.83. The smallest absolute Gasteiger partial charge is 0.273 e. The van der Waals surface area contributed by atoms with Crippen LogP contribution in [0.5, 0.6) is 0 Å². The quantitative estimate of drug-likeness (QED) is 0.0379. The lowest BCUT2D eigenvalue weighted by Crippen LogP contribution is -2.38. The van der Waals surface area contributed by atoms with E-state index in [-0.39, 0.29) is 114 Å². The molecule has 3 aliphatic heterocycles. The molecule has 0 aromatic carbocycles. The van der Waals surface area contributed by atoms with Gasteiger partial charge in [-0.15, -0.1) is 22.7 Å². The molecular formula is C55H86N18O6S5. The van der Waals surface area contributed by atoms with Crippen molar-refractivity contribution in [2.24, 2.45) is 7.05 Å². The number of thiazole rings is 2. The van der Waals surface area contributed by atoms with Gasteiger partial charge in [0.25, 0.3) is 17.7 Å². The van der Waals surface area contributed by atoms with Gasteiger partial charge in [0.05, 0.1) is 47.2 Å². The van der Waals surface area contributed by atoms with E-state index < -0.39 is 0 Å². The van der Waals surface area contributed by atoms with E-state index in [0.717, 1.165) is 89.5 Å². The number of carbonyl (C=O) groups is 3. The predicted octanol–water partition coefficient (Wildman–Crippen LogP) is 5.95. The first-order valence-corrected chi connectivity index (χ1v) is 29.9. The molecule has 0 spiro atoms. The number of nitrogens with one attached hydrogen (secondary N) is 3. The van der Waals surface area contributed by atoms with E-state index in [9.17, 15) is 29.7 Å². The molecule has 3 atom stereocenters. The van der Waals surface area contributed by atoms with Crippen molar-refractivity contribution in [1.82, 2.24) is 59.1 Å². The molecule has 9 heterocycles. The molecule has 9 rings (SSSR count). The maximum absolute atomic E-state index is 12.8. The van der Waals surface area contributed by atoms with Gasteiger partial charge >= 0.3 is 0 Å². The Balaban J connectivity index is 0.000000266. The number of hydrogen-bond acceptors (Lipinski definition) is 22. The van der Waals surface area contributed by atoms with Gasteiger partial charge in [-0.25, -0.2) is 24.9 Å². The van der Waals surface area contributed by atoms with E-state index in [1.54, 1.807) is 31.0 Å². The Morgan fingerprint density at radius 1 is 0.583 bits per heavy atom. The molecule has 0 aliphatic carbocycles. The number of nitrogen functional groups attached to an aromatic ring is 3. The number of aromatic nitrogens is 9. The van der Waals surface area contributed by atoms with Crippen LogP contribution < -0.4 is 33.2 Å². The first-order valence-electron chi connectivity index (χ1n) is 28.0. The van der Waals surface area contributed by atoms with E-state index >= 15 is 0 Å². The lowest BCUT2D eigenvalue weighted by Gasteiger charge is -2.30. The predicted molar refractivity (Wildman–Crippen MR) is 347 cm³/mol. The molecule has 12 N–H and O–H groups in total. The van der Waals surface area contributed by atoms with Crippen molar-refractivity contribution in [3.8, 4) is 0 Å². The number of anilines is 6. The van der Waals surface area contributed by atoms with E-state index in [4.69, 9.17) is 17.2 Å². The monoisotopic (exact) mass is 1250 g/mol. The van der Waals surface area contributed by atoms with Crippen molar-refractivity contribution in [2.45, 2.75) is 149 Å². The number of nitrogens with two attached hydrogens (primary N) is 3. The van der Waals surface area contributed by atoms with Gasteiger partial charge in [0.1, 0.15) is 34.5 Å². The Morgan fingerprint density at radius 2 is 1.06 bits per heavy atom. The number of aliphatic hydroxyl groups excluding tert-OH is 3. The number of carbonyl (C=O) groups excluding carboxylic acids is 3. The molecule has 0 fully saturated rings. The zero-order valence-corrected chi connectivity index (χ0v) is 53.4. The summed E-state index contributed by atoms with van der Waals surface area (Å²) in [6, 6.07) is 4.04. The van der Waals surface area contributed by atoms with Gasteiger partial charge in [0, 0.05) is 111 Å². The minimum absolute atomic E-state index is 0. The number of fused-ring (bicyclic) bond motifs is 3. The van der Waals surface area contributed by atoms with Gasteiger partial charge < -0.3 is 67.7 Å². The zero-order valence-electron chi connectivity index (χ0n) is 48.7. The average Bonchev–Trinajstić information content (AvgIpc) is 4.41. The average molecular weight is 1260 g/mol. The van der Waals surface area contributed by atoms with E-state index in [1.807, 2.05) is 36.9 Å². The summed E-state index contributed by atoms with van der Waals surface area (Å²) in [7, 11) is 1.87. The van der Waals surface area contributed by atoms with Crippen LogP contribution in [0.4, 0.5) is 35.3 Å². The highest BCUT2D eigenvalue weighted by atomic mass is 32.1. The van der Waals surface area contributed by atoms with Crippen molar-refractivity contribution < 1.29 is 29.7 Å². The summed E-state index contributed by atoms with van der Waals surface area (Å²) in [5, 5.41) is 42.7. The van der Waals surface area contributed by atoms with Crippen LogP contribution in [0, 0.1) is 6.92 Å². The molecule has 0 saturated carbocycles. The Bertz CT molecular complexity index is 3010. The van der Waals surface area contributed by atoms with Gasteiger partial charge in [-0.3, -0.25) is 14.4 Å². The number of aliphatic hydroxyl groups is 3. The van der Waals surface area contributed by atoms with Crippen molar-refractivity contribution >= 4 is 116 Å². The molecule has 462 valence electrons. The Hall–Kier alpha value is -6.08. The fraction of sp³-hybridized carbons (Fsp3) is 0.545. The third-order valence-corrected chi connectivity index (χ3v) is 15.7. The first-order chi connectivity index (χ1) is 39.2.